The van der Waals surface area contributed by atoms with Gasteiger partial charge in [-0.15, -0.1) is 0 Å². The van der Waals surface area contributed by atoms with Crippen LogP contribution >= 0.6 is 0 Å². The van der Waals surface area contributed by atoms with Crippen LogP contribution in [-0.2, 0) is 0 Å². The van der Waals surface area contributed by atoms with Crippen molar-refractivity contribution in [3.8, 4) is 0 Å². The van der Waals surface area contributed by atoms with E-state index in [0.717, 1.165) is 12.8 Å². The summed E-state index contributed by atoms with van der Waals surface area (Å²) in [5.41, 5.74) is 3.91. The Kier molecular flexibility index (Phi) is 5.27. The van der Waals surface area contributed by atoms with Crippen LogP contribution in [0.1, 0.15) is 43.7 Å². The van der Waals surface area contributed by atoms with Crippen molar-refractivity contribution < 1.29 is 5.11 Å². The number of rotatable bonds is 5. The Morgan fingerprint density at radius 3 is 2.56 bits per heavy atom. The molecule has 0 aliphatic rings. The van der Waals surface area contributed by atoms with Crippen molar-refractivity contribution in [1.29, 1.82) is 0 Å². The molecule has 0 saturated heterocycles. The number of aliphatic hydroxyl groups excluding tert-OH is 1. The Bertz CT molecular complexity index is 348. The number of allylic oxidation sites excluding steroid dienone is 2. The predicted octanol–water partition coefficient (Wildman–Crippen LogP) is 3.82. The van der Waals surface area contributed by atoms with Crippen molar-refractivity contribution in [1.82, 2.24) is 0 Å². The van der Waals surface area contributed by atoms with E-state index in [2.05, 4.69) is 39.0 Å². The molecule has 16 heavy (non-hydrogen) atoms. The SMILES string of the molecule is CC(C)=CCCC(CO)c1ccccc1C. The van der Waals surface area contributed by atoms with Gasteiger partial charge in [-0.05, 0) is 44.7 Å². The summed E-state index contributed by atoms with van der Waals surface area (Å²) in [6.07, 6.45) is 4.30. The van der Waals surface area contributed by atoms with Gasteiger partial charge in [0.2, 0.25) is 0 Å². The van der Waals surface area contributed by atoms with Crippen molar-refractivity contribution in [2.75, 3.05) is 6.61 Å². The van der Waals surface area contributed by atoms with E-state index in [1.165, 1.54) is 16.7 Å². The van der Waals surface area contributed by atoms with E-state index < -0.39 is 0 Å². The summed E-state index contributed by atoms with van der Waals surface area (Å²) in [6, 6.07) is 8.33. The lowest BCUT2D eigenvalue weighted by Crippen LogP contribution is -2.05. The van der Waals surface area contributed by atoms with Crippen LogP contribution in [0.25, 0.3) is 0 Å². The van der Waals surface area contributed by atoms with Crippen LogP contribution in [0, 0.1) is 6.92 Å². The largest absolute Gasteiger partial charge is 0.396 e. The molecule has 0 aliphatic carbocycles. The smallest absolute Gasteiger partial charge is 0.0499 e. The molecule has 0 bridgehead atoms. The van der Waals surface area contributed by atoms with Gasteiger partial charge in [-0.3, -0.25) is 0 Å². The molecule has 0 aromatic heterocycles. The monoisotopic (exact) mass is 218 g/mol. The van der Waals surface area contributed by atoms with Gasteiger partial charge in [-0.2, -0.15) is 0 Å². The van der Waals surface area contributed by atoms with Crippen LogP contribution in [0.4, 0.5) is 0 Å². The fraction of sp³-hybridized carbons (Fsp3) is 0.467. The highest BCUT2D eigenvalue weighted by molar-refractivity contribution is 5.29. The minimum atomic E-state index is 0.238. The molecule has 1 atom stereocenters. The minimum Gasteiger partial charge on any atom is -0.396 e. The summed E-state index contributed by atoms with van der Waals surface area (Å²) in [5, 5.41) is 9.45. The lowest BCUT2D eigenvalue weighted by Gasteiger charge is -2.16. The molecule has 88 valence electrons. The van der Waals surface area contributed by atoms with Crippen LogP contribution in [0.15, 0.2) is 35.9 Å². The van der Waals surface area contributed by atoms with E-state index in [4.69, 9.17) is 0 Å². The van der Waals surface area contributed by atoms with E-state index in [-0.39, 0.29) is 12.5 Å². The van der Waals surface area contributed by atoms with Gasteiger partial charge >= 0.3 is 0 Å². The number of hydrogen-bond acceptors (Lipinski definition) is 1. The summed E-state index contributed by atoms with van der Waals surface area (Å²) < 4.78 is 0. The molecule has 0 amide bonds. The molecule has 0 spiro atoms. The number of hydrogen-bond donors (Lipinski definition) is 1. The Morgan fingerprint density at radius 2 is 2.00 bits per heavy atom. The van der Waals surface area contributed by atoms with Crippen molar-refractivity contribution >= 4 is 0 Å². The summed E-state index contributed by atoms with van der Waals surface area (Å²) in [7, 11) is 0. The normalized spacial score (nSPS) is 12.2. The lowest BCUT2D eigenvalue weighted by molar-refractivity contribution is 0.259. The second-order valence-electron chi connectivity index (χ2n) is 4.59. The fourth-order valence-corrected chi connectivity index (χ4v) is 1.96. The molecule has 0 aliphatic heterocycles. The van der Waals surface area contributed by atoms with Gasteiger partial charge in [0.15, 0.2) is 0 Å². The topological polar surface area (TPSA) is 20.2 Å². The molecule has 1 unspecified atom stereocenters. The average Bonchev–Trinajstić information content (AvgIpc) is 2.25. The molecule has 0 radical (unpaired) electrons. The fourth-order valence-electron chi connectivity index (χ4n) is 1.96. The number of aliphatic hydroxyl groups is 1. The molecule has 1 heteroatoms. The van der Waals surface area contributed by atoms with Crippen molar-refractivity contribution in [3.05, 3.63) is 47.0 Å². The van der Waals surface area contributed by atoms with E-state index >= 15 is 0 Å². The third-order valence-corrected chi connectivity index (χ3v) is 2.92. The molecule has 1 aromatic rings. The summed E-state index contributed by atoms with van der Waals surface area (Å²) in [5.74, 6) is 0.275. The van der Waals surface area contributed by atoms with Crippen LogP contribution in [0.3, 0.4) is 0 Å². The van der Waals surface area contributed by atoms with Crippen LogP contribution < -0.4 is 0 Å². The summed E-state index contributed by atoms with van der Waals surface area (Å²) >= 11 is 0. The van der Waals surface area contributed by atoms with Gasteiger partial charge in [0.25, 0.3) is 0 Å². The van der Waals surface area contributed by atoms with Crippen LogP contribution in [0.5, 0.6) is 0 Å². The molecule has 0 saturated carbocycles. The molecule has 1 nitrogen and oxygen atoms in total. The first kappa shape index (κ1) is 13.0. The highest BCUT2D eigenvalue weighted by atomic mass is 16.3. The Balaban J connectivity index is 2.68. The standard InChI is InChI=1S/C15H22O/c1-12(2)7-6-9-14(11-16)15-10-5-4-8-13(15)3/h4-5,7-8,10,14,16H,6,9,11H2,1-3H3. The summed E-state index contributed by atoms with van der Waals surface area (Å²) in [4.78, 5) is 0. The average molecular weight is 218 g/mol. The maximum atomic E-state index is 9.45. The van der Waals surface area contributed by atoms with Gasteiger partial charge in [0.05, 0.1) is 0 Å². The highest BCUT2D eigenvalue weighted by Crippen LogP contribution is 2.24. The quantitative estimate of drug-likeness (QED) is 0.745. The van der Waals surface area contributed by atoms with Crippen molar-refractivity contribution in [2.45, 2.75) is 39.5 Å². The highest BCUT2D eigenvalue weighted by Gasteiger charge is 2.11. The van der Waals surface area contributed by atoms with Crippen molar-refractivity contribution in [2.24, 2.45) is 0 Å². The second kappa shape index (κ2) is 6.49. The van der Waals surface area contributed by atoms with Gasteiger partial charge in [-0.1, -0.05) is 35.9 Å². The molecule has 0 fully saturated rings. The first-order valence-corrected chi connectivity index (χ1v) is 5.95. The molecule has 1 aromatic carbocycles. The molecule has 1 N–H and O–H groups in total. The van der Waals surface area contributed by atoms with E-state index in [0.29, 0.717) is 0 Å². The lowest BCUT2D eigenvalue weighted by atomic mass is 9.91. The number of aryl methyl sites for hydroxylation is 1. The predicted molar refractivity (Wildman–Crippen MR) is 69.7 cm³/mol. The van der Waals surface area contributed by atoms with E-state index in [1.807, 2.05) is 12.1 Å². The maximum Gasteiger partial charge on any atom is 0.0499 e. The van der Waals surface area contributed by atoms with Gasteiger partial charge in [-0.25, -0.2) is 0 Å². The zero-order valence-corrected chi connectivity index (χ0v) is 10.5. The molecular formula is C15H22O. The maximum absolute atomic E-state index is 9.45. The third kappa shape index (κ3) is 3.82. The molecule has 0 heterocycles. The van der Waals surface area contributed by atoms with E-state index in [9.17, 15) is 5.11 Å². The Morgan fingerprint density at radius 1 is 1.31 bits per heavy atom. The Labute approximate surface area is 98.8 Å². The zero-order chi connectivity index (χ0) is 12.0. The molecule has 1 rings (SSSR count). The van der Waals surface area contributed by atoms with E-state index in [1.54, 1.807) is 0 Å². The number of benzene rings is 1. The summed E-state index contributed by atoms with van der Waals surface area (Å²) in [6.45, 7) is 6.57. The Hall–Kier alpha value is -1.08. The van der Waals surface area contributed by atoms with Gasteiger partial charge < -0.3 is 5.11 Å². The minimum absolute atomic E-state index is 0.238. The van der Waals surface area contributed by atoms with Gasteiger partial charge in [0.1, 0.15) is 0 Å². The zero-order valence-electron chi connectivity index (χ0n) is 10.5. The first-order chi connectivity index (χ1) is 7.65. The molecular weight excluding hydrogens is 196 g/mol. The second-order valence-corrected chi connectivity index (χ2v) is 4.59. The van der Waals surface area contributed by atoms with Gasteiger partial charge in [0, 0.05) is 12.5 Å². The van der Waals surface area contributed by atoms with Crippen LogP contribution in [0.2, 0.25) is 0 Å². The van der Waals surface area contributed by atoms with Crippen LogP contribution in [-0.4, -0.2) is 11.7 Å². The first-order valence-electron chi connectivity index (χ1n) is 5.95. The third-order valence-electron chi connectivity index (χ3n) is 2.92. The van der Waals surface area contributed by atoms with Crippen molar-refractivity contribution in [3.63, 3.8) is 0 Å².